The number of halogens is 2. The Bertz CT molecular complexity index is 847. The quantitative estimate of drug-likeness (QED) is 0.689. The first-order valence-electron chi connectivity index (χ1n) is 9.24. The van der Waals surface area contributed by atoms with Gasteiger partial charge < -0.3 is 16.0 Å². The monoisotopic (exact) mass is 419 g/mol. The zero-order valence-electron chi connectivity index (χ0n) is 15.3. The second-order valence-electron chi connectivity index (χ2n) is 7.40. The van der Waals surface area contributed by atoms with Crippen LogP contribution >= 0.6 is 24.0 Å². The molecule has 3 N–H and O–H groups in total. The van der Waals surface area contributed by atoms with Crippen molar-refractivity contribution >= 4 is 47.2 Å². The fraction of sp³-hybridized carbons (Fsp3) is 0.333. The van der Waals surface area contributed by atoms with Crippen LogP contribution in [0, 0.1) is 11.3 Å². The van der Waals surface area contributed by atoms with Crippen LogP contribution in [0.2, 0.25) is 5.02 Å². The van der Waals surface area contributed by atoms with Crippen molar-refractivity contribution in [2.24, 2.45) is 11.3 Å². The summed E-state index contributed by atoms with van der Waals surface area (Å²) in [5.74, 6) is 0.0352. The first-order valence-corrected chi connectivity index (χ1v) is 9.62. The smallest absolute Gasteiger partial charge is 0.255 e. The predicted molar refractivity (Wildman–Crippen MR) is 114 cm³/mol. The second kappa shape index (κ2) is 8.52. The highest BCUT2D eigenvalue weighted by Crippen LogP contribution is 2.58. The van der Waals surface area contributed by atoms with Gasteiger partial charge >= 0.3 is 0 Å². The molecular weight excluding hydrogens is 397 g/mol. The molecule has 2 amide bonds. The van der Waals surface area contributed by atoms with Crippen molar-refractivity contribution in [3.63, 3.8) is 0 Å². The number of hydrogen-bond donors (Lipinski definition) is 3. The van der Waals surface area contributed by atoms with Crippen LogP contribution in [0.5, 0.6) is 0 Å². The molecule has 2 aliphatic rings. The van der Waals surface area contributed by atoms with Crippen molar-refractivity contribution in [1.29, 1.82) is 0 Å². The molecule has 0 radical (unpaired) electrons. The molecule has 1 spiro atoms. The summed E-state index contributed by atoms with van der Waals surface area (Å²) in [5.41, 5.74) is 2.19. The number of hydrogen-bond acceptors (Lipinski definition) is 3. The standard InChI is InChI=1S/C21H22ClN3O2.ClH/c22-15-3-1-14(2-4-15)19(26)24-16-5-7-17(8-6-16)25-20(27)18-13-21(18)9-11-23-12-10-21;/h1-8,18,23H,9-13H2,(H,24,26)(H,25,27);1H. The van der Waals surface area contributed by atoms with Crippen molar-refractivity contribution in [2.45, 2.75) is 19.3 Å². The van der Waals surface area contributed by atoms with Gasteiger partial charge in [0, 0.05) is 27.9 Å². The third-order valence-corrected chi connectivity index (χ3v) is 5.87. The van der Waals surface area contributed by atoms with Crippen LogP contribution in [0.15, 0.2) is 48.5 Å². The summed E-state index contributed by atoms with van der Waals surface area (Å²) < 4.78 is 0. The summed E-state index contributed by atoms with van der Waals surface area (Å²) in [5, 5.41) is 9.79. The van der Waals surface area contributed by atoms with Crippen molar-refractivity contribution in [1.82, 2.24) is 5.32 Å². The number of carbonyl (C=O) groups is 2. The molecule has 1 unspecified atom stereocenters. The molecule has 148 valence electrons. The number of anilines is 2. The van der Waals surface area contributed by atoms with E-state index >= 15 is 0 Å². The van der Waals surface area contributed by atoms with Gasteiger partial charge in [0.1, 0.15) is 0 Å². The Morgan fingerprint density at radius 3 is 2.11 bits per heavy atom. The molecule has 0 aromatic heterocycles. The molecule has 2 aromatic rings. The summed E-state index contributed by atoms with van der Waals surface area (Å²) in [6, 6.07) is 13.9. The highest BCUT2D eigenvalue weighted by atomic mass is 35.5. The van der Waals surface area contributed by atoms with E-state index in [1.54, 1.807) is 36.4 Å². The minimum atomic E-state index is -0.200. The summed E-state index contributed by atoms with van der Waals surface area (Å²) >= 11 is 5.84. The van der Waals surface area contributed by atoms with Gasteiger partial charge in [0.25, 0.3) is 5.91 Å². The van der Waals surface area contributed by atoms with Gasteiger partial charge in [0.05, 0.1) is 0 Å². The van der Waals surface area contributed by atoms with Crippen LogP contribution in [0.3, 0.4) is 0 Å². The molecule has 7 heteroatoms. The Morgan fingerprint density at radius 1 is 0.929 bits per heavy atom. The largest absolute Gasteiger partial charge is 0.326 e. The predicted octanol–water partition coefficient (Wildman–Crippen LogP) is 4.34. The average molecular weight is 420 g/mol. The Labute approximate surface area is 175 Å². The number of carbonyl (C=O) groups excluding carboxylic acids is 2. The van der Waals surface area contributed by atoms with E-state index in [9.17, 15) is 9.59 Å². The lowest BCUT2D eigenvalue weighted by atomic mass is 9.92. The average Bonchev–Trinajstić information content (AvgIpc) is 3.37. The van der Waals surface area contributed by atoms with Crippen LogP contribution in [0.1, 0.15) is 29.6 Å². The highest BCUT2D eigenvalue weighted by Gasteiger charge is 2.57. The van der Waals surface area contributed by atoms with Crippen LogP contribution in [0.25, 0.3) is 0 Å². The summed E-state index contributed by atoms with van der Waals surface area (Å²) in [6.07, 6.45) is 3.16. The molecule has 0 bridgehead atoms. The maximum Gasteiger partial charge on any atom is 0.255 e. The third-order valence-electron chi connectivity index (χ3n) is 5.62. The molecule has 1 saturated heterocycles. The number of amides is 2. The fourth-order valence-corrected chi connectivity index (χ4v) is 3.99. The van der Waals surface area contributed by atoms with E-state index in [4.69, 9.17) is 11.6 Å². The fourth-order valence-electron chi connectivity index (χ4n) is 3.87. The first kappa shape index (κ1) is 20.6. The van der Waals surface area contributed by atoms with E-state index in [0.717, 1.165) is 38.0 Å². The molecular formula is C21H23Cl2N3O2. The minimum Gasteiger partial charge on any atom is -0.326 e. The molecule has 1 saturated carbocycles. The molecule has 1 atom stereocenters. The van der Waals surface area contributed by atoms with E-state index in [0.29, 0.717) is 16.3 Å². The second-order valence-corrected chi connectivity index (χ2v) is 7.83. The SMILES string of the molecule is Cl.O=C(Nc1ccc(NC(=O)C2CC23CCNCC3)cc1)c1ccc(Cl)cc1. The summed E-state index contributed by atoms with van der Waals surface area (Å²) in [7, 11) is 0. The Hall–Kier alpha value is -2.08. The first-order chi connectivity index (χ1) is 13.1. The third kappa shape index (κ3) is 4.49. The van der Waals surface area contributed by atoms with Crippen molar-refractivity contribution in [3.05, 3.63) is 59.1 Å². The number of nitrogens with one attached hydrogen (secondary N) is 3. The van der Waals surface area contributed by atoms with Gasteiger partial charge in [0.15, 0.2) is 0 Å². The number of piperidine rings is 1. The molecule has 1 aliphatic heterocycles. The molecule has 5 nitrogen and oxygen atoms in total. The van der Waals surface area contributed by atoms with Crippen LogP contribution in [0.4, 0.5) is 11.4 Å². The van der Waals surface area contributed by atoms with E-state index in [1.807, 2.05) is 12.1 Å². The van der Waals surface area contributed by atoms with Crippen LogP contribution in [-0.4, -0.2) is 24.9 Å². The maximum atomic E-state index is 12.5. The van der Waals surface area contributed by atoms with Crippen molar-refractivity contribution in [2.75, 3.05) is 23.7 Å². The normalized spacial score (nSPS) is 19.4. The van der Waals surface area contributed by atoms with Crippen LogP contribution in [-0.2, 0) is 4.79 Å². The number of rotatable bonds is 4. The van der Waals surface area contributed by atoms with Gasteiger partial charge in [-0.3, -0.25) is 9.59 Å². The highest BCUT2D eigenvalue weighted by molar-refractivity contribution is 6.30. The van der Waals surface area contributed by atoms with Crippen LogP contribution < -0.4 is 16.0 Å². The summed E-state index contributed by atoms with van der Waals surface area (Å²) in [6.45, 7) is 2.01. The maximum absolute atomic E-state index is 12.5. The topological polar surface area (TPSA) is 70.2 Å². The molecule has 1 aliphatic carbocycles. The van der Waals surface area contributed by atoms with Gasteiger partial charge in [0.2, 0.25) is 5.91 Å². The van der Waals surface area contributed by atoms with Gasteiger partial charge in [-0.25, -0.2) is 0 Å². The van der Waals surface area contributed by atoms with E-state index in [2.05, 4.69) is 16.0 Å². The lowest BCUT2D eigenvalue weighted by molar-refractivity contribution is -0.118. The summed E-state index contributed by atoms with van der Waals surface area (Å²) in [4.78, 5) is 24.7. The van der Waals surface area contributed by atoms with Gasteiger partial charge in [-0.05, 0) is 86.3 Å². The van der Waals surface area contributed by atoms with E-state index < -0.39 is 0 Å². The van der Waals surface area contributed by atoms with Crippen molar-refractivity contribution in [3.8, 4) is 0 Å². The van der Waals surface area contributed by atoms with Gasteiger partial charge in [-0.15, -0.1) is 12.4 Å². The Balaban J connectivity index is 0.00000225. The van der Waals surface area contributed by atoms with E-state index in [-0.39, 0.29) is 35.6 Å². The zero-order valence-corrected chi connectivity index (χ0v) is 16.9. The molecule has 2 aromatic carbocycles. The Morgan fingerprint density at radius 2 is 1.50 bits per heavy atom. The molecule has 4 rings (SSSR count). The minimum absolute atomic E-state index is 0. The number of benzene rings is 2. The van der Waals surface area contributed by atoms with Gasteiger partial charge in [-0.2, -0.15) is 0 Å². The van der Waals surface area contributed by atoms with Gasteiger partial charge in [-0.1, -0.05) is 11.6 Å². The van der Waals surface area contributed by atoms with E-state index in [1.165, 1.54) is 0 Å². The lowest BCUT2D eigenvalue weighted by Crippen LogP contribution is -2.31. The Kier molecular flexibility index (Phi) is 6.28. The molecule has 2 fully saturated rings. The molecule has 1 heterocycles. The lowest BCUT2D eigenvalue weighted by Gasteiger charge is -2.23. The van der Waals surface area contributed by atoms with Crippen molar-refractivity contribution < 1.29 is 9.59 Å². The zero-order chi connectivity index (χ0) is 18.9. The molecule has 28 heavy (non-hydrogen) atoms.